The molecule has 0 aliphatic carbocycles. The Morgan fingerprint density at radius 3 is 1.49 bits per heavy atom. The predicted octanol–water partition coefficient (Wildman–Crippen LogP) is 6.48. The standard InChI is InChI=1S/C30H38N2O3/c33-27(9-7-19-31-15-3-1-4-16-31)23-11-13-25-26-14-12-24(22-30(26)35-29(25)21-23)28(34)10-8-20-32-17-5-2-6-18-32/h11-14,21-22H,1-10,15-20H2. The quantitative estimate of drug-likeness (QED) is 0.315. The topological polar surface area (TPSA) is 53.8 Å². The molecule has 2 aliphatic rings. The number of likely N-dealkylation sites (tertiary alicyclic amines) is 2. The Hall–Kier alpha value is -2.50. The number of furan rings is 1. The number of hydrogen-bond donors (Lipinski definition) is 0. The number of fused-ring (bicyclic) bond motifs is 3. The SMILES string of the molecule is O=C(CCCN1CCCCC1)c1ccc2c(c1)oc1cc(C(=O)CCCN3CCCCC3)ccc12. The van der Waals surface area contributed by atoms with Crippen LogP contribution < -0.4 is 0 Å². The summed E-state index contributed by atoms with van der Waals surface area (Å²) in [5.41, 5.74) is 2.86. The minimum absolute atomic E-state index is 0.175. The molecule has 1 aromatic heterocycles. The van der Waals surface area contributed by atoms with E-state index in [1.165, 1.54) is 64.7 Å². The van der Waals surface area contributed by atoms with Gasteiger partial charge in [-0.15, -0.1) is 0 Å². The van der Waals surface area contributed by atoms with Crippen LogP contribution in [0.4, 0.5) is 0 Å². The number of piperidine rings is 2. The number of Topliss-reactive ketones (excluding diaryl/α,β-unsaturated/α-hetero) is 2. The second kappa shape index (κ2) is 11.5. The van der Waals surface area contributed by atoms with Gasteiger partial charge in [0, 0.05) is 34.7 Å². The van der Waals surface area contributed by atoms with Crippen LogP contribution in [0, 0.1) is 0 Å². The van der Waals surface area contributed by atoms with E-state index in [2.05, 4.69) is 9.80 Å². The van der Waals surface area contributed by atoms with Crippen molar-refractivity contribution in [1.29, 1.82) is 0 Å². The average Bonchev–Trinajstić information content (AvgIpc) is 3.27. The molecular formula is C30H38N2O3. The predicted molar refractivity (Wildman–Crippen MR) is 141 cm³/mol. The van der Waals surface area contributed by atoms with Gasteiger partial charge in [0.15, 0.2) is 11.6 Å². The lowest BCUT2D eigenvalue weighted by Crippen LogP contribution is -2.30. The molecule has 3 heterocycles. The summed E-state index contributed by atoms with van der Waals surface area (Å²) in [6.07, 6.45) is 10.7. The molecule has 5 nitrogen and oxygen atoms in total. The van der Waals surface area contributed by atoms with E-state index in [1.807, 2.05) is 36.4 Å². The Morgan fingerprint density at radius 2 is 1.06 bits per heavy atom. The summed E-state index contributed by atoms with van der Waals surface area (Å²) in [5.74, 6) is 0.350. The highest BCUT2D eigenvalue weighted by atomic mass is 16.3. The Bertz CT molecular complexity index is 1080. The maximum Gasteiger partial charge on any atom is 0.163 e. The van der Waals surface area contributed by atoms with Crippen molar-refractivity contribution in [2.75, 3.05) is 39.3 Å². The fourth-order valence-electron chi connectivity index (χ4n) is 5.71. The molecule has 5 rings (SSSR count). The van der Waals surface area contributed by atoms with Gasteiger partial charge in [-0.2, -0.15) is 0 Å². The lowest BCUT2D eigenvalue weighted by atomic mass is 10.0. The zero-order chi connectivity index (χ0) is 24.0. The Labute approximate surface area is 208 Å². The number of ketones is 2. The van der Waals surface area contributed by atoms with E-state index in [1.54, 1.807) is 0 Å². The Balaban J connectivity index is 1.20. The normalized spacial score (nSPS) is 17.8. The number of hydrogen-bond acceptors (Lipinski definition) is 5. The first-order valence-electron chi connectivity index (χ1n) is 13.6. The van der Waals surface area contributed by atoms with Crippen molar-refractivity contribution in [3.63, 3.8) is 0 Å². The molecule has 0 unspecified atom stereocenters. The van der Waals surface area contributed by atoms with E-state index in [0.717, 1.165) is 47.9 Å². The number of rotatable bonds is 10. The van der Waals surface area contributed by atoms with Crippen molar-refractivity contribution >= 4 is 33.5 Å². The maximum atomic E-state index is 12.8. The molecule has 2 fully saturated rings. The molecule has 0 saturated carbocycles. The van der Waals surface area contributed by atoms with E-state index >= 15 is 0 Å². The van der Waals surface area contributed by atoms with E-state index in [-0.39, 0.29) is 11.6 Å². The van der Waals surface area contributed by atoms with Crippen LogP contribution in [0.3, 0.4) is 0 Å². The number of carbonyl (C=O) groups is 2. The van der Waals surface area contributed by atoms with Crippen LogP contribution in [-0.2, 0) is 0 Å². The van der Waals surface area contributed by atoms with E-state index in [0.29, 0.717) is 24.0 Å². The summed E-state index contributed by atoms with van der Waals surface area (Å²) >= 11 is 0. The molecule has 0 radical (unpaired) electrons. The lowest BCUT2D eigenvalue weighted by Gasteiger charge is -2.26. The molecular weight excluding hydrogens is 436 g/mol. The van der Waals surface area contributed by atoms with Crippen LogP contribution in [0.25, 0.3) is 21.9 Å². The fourth-order valence-corrected chi connectivity index (χ4v) is 5.71. The van der Waals surface area contributed by atoms with Gasteiger partial charge in [0.1, 0.15) is 11.2 Å². The van der Waals surface area contributed by atoms with Gasteiger partial charge in [-0.05, 0) is 102 Å². The third-order valence-electron chi connectivity index (χ3n) is 7.77. The zero-order valence-electron chi connectivity index (χ0n) is 20.9. The minimum atomic E-state index is 0.175. The Kier molecular flexibility index (Phi) is 7.95. The van der Waals surface area contributed by atoms with Gasteiger partial charge in [0.25, 0.3) is 0 Å². The first kappa shape index (κ1) is 24.2. The van der Waals surface area contributed by atoms with Crippen LogP contribution in [0.15, 0.2) is 40.8 Å². The zero-order valence-corrected chi connectivity index (χ0v) is 20.9. The molecule has 35 heavy (non-hydrogen) atoms. The van der Waals surface area contributed by atoms with Gasteiger partial charge < -0.3 is 14.2 Å². The molecule has 2 aromatic carbocycles. The molecule has 0 atom stereocenters. The summed E-state index contributed by atoms with van der Waals surface area (Å²) < 4.78 is 6.11. The highest BCUT2D eigenvalue weighted by Gasteiger charge is 2.16. The third-order valence-corrected chi connectivity index (χ3v) is 7.77. The van der Waals surface area contributed by atoms with Crippen molar-refractivity contribution in [3.05, 3.63) is 47.5 Å². The number of benzene rings is 2. The molecule has 2 aliphatic heterocycles. The van der Waals surface area contributed by atoms with E-state index < -0.39 is 0 Å². The molecule has 186 valence electrons. The molecule has 0 N–H and O–H groups in total. The van der Waals surface area contributed by atoms with Crippen LogP contribution in [0.2, 0.25) is 0 Å². The van der Waals surface area contributed by atoms with Crippen molar-refractivity contribution in [2.24, 2.45) is 0 Å². The largest absolute Gasteiger partial charge is 0.456 e. The molecule has 5 heteroatoms. The average molecular weight is 475 g/mol. The highest BCUT2D eigenvalue weighted by Crippen LogP contribution is 2.31. The summed E-state index contributed by atoms with van der Waals surface area (Å²) in [6, 6.07) is 11.6. The van der Waals surface area contributed by atoms with Crippen LogP contribution in [0.1, 0.15) is 84.9 Å². The van der Waals surface area contributed by atoms with Gasteiger partial charge in [-0.3, -0.25) is 9.59 Å². The lowest BCUT2D eigenvalue weighted by molar-refractivity contribution is 0.0965. The summed E-state index contributed by atoms with van der Waals surface area (Å²) in [7, 11) is 0. The molecule has 0 bridgehead atoms. The van der Waals surface area contributed by atoms with Gasteiger partial charge in [0.2, 0.25) is 0 Å². The van der Waals surface area contributed by atoms with E-state index in [9.17, 15) is 9.59 Å². The van der Waals surface area contributed by atoms with Gasteiger partial charge in [-0.1, -0.05) is 25.0 Å². The molecule has 0 spiro atoms. The maximum absolute atomic E-state index is 12.8. The number of nitrogens with zero attached hydrogens (tertiary/aromatic N) is 2. The Morgan fingerprint density at radius 1 is 0.629 bits per heavy atom. The monoisotopic (exact) mass is 474 g/mol. The summed E-state index contributed by atoms with van der Waals surface area (Å²) in [5, 5.41) is 1.99. The van der Waals surface area contributed by atoms with Crippen molar-refractivity contribution in [2.45, 2.75) is 64.2 Å². The number of carbonyl (C=O) groups excluding carboxylic acids is 2. The minimum Gasteiger partial charge on any atom is -0.456 e. The smallest absolute Gasteiger partial charge is 0.163 e. The summed E-state index contributed by atoms with van der Waals surface area (Å²) in [6.45, 7) is 6.69. The van der Waals surface area contributed by atoms with Crippen molar-refractivity contribution in [1.82, 2.24) is 9.80 Å². The first-order valence-corrected chi connectivity index (χ1v) is 13.6. The van der Waals surface area contributed by atoms with Crippen molar-refractivity contribution in [3.8, 4) is 0 Å². The second-order valence-corrected chi connectivity index (χ2v) is 10.4. The van der Waals surface area contributed by atoms with Gasteiger partial charge in [0.05, 0.1) is 0 Å². The van der Waals surface area contributed by atoms with Crippen molar-refractivity contribution < 1.29 is 14.0 Å². The third kappa shape index (κ3) is 6.02. The van der Waals surface area contributed by atoms with Gasteiger partial charge in [-0.25, -0.2) is 0 Å². The molecule has 3 aromatic rings. The first-order chi connectivity index (χ1) is 17.2. The van der Waals surface area contributed by atoms with Gasteiger partial charge >= 0.3 is 0 Å². The fraction of sp³-hybridized carbons (Fsp3) is 0.533. The van der Waals surface area contributed by atoms with Crippen LogP contribution in [-0.4, -0.2) is 60.6 Å². The van der Waals surface area contributed by atoms with Crippen LogP contribution >= 0.6 is 0 Å². The molecule has 0 amide bonds. The second-order valence-electron chi connectivity index (χ2n) is 10.4. The summed E-state index contributed by atoms with van der Waals surface area (Å²) in [4.78, 5) is 30.5. The van der Waals surface area contributed by atoms with Crippen LogP contribution in [0.5, 0.6) is 0 Å². The highest BCUT2D eigenvalue weighted by molar-refractivity contribution is 6.09. The molecule has 2 saturated heterocycles. The van der Waals surface area contributed by atoms with E-state index in [4.69, 9.17) is 4.42 Å².